The number of rotatable bonds is 5. The number of carboxylic acid groups (broad SMARTS) is 1. The van der Waals surface area contributed by atoms with Gasteiger partial charge in [0.2, 0.25) is 5.91 Å². The van der Waals surface area contributed by atoms with Gasteiger partial charge in [0.25, 0.3) is 0 Å². The van der Waals surface area contributed by atoms with Crippen LogP contribution in [0, 0.1) is 0 Å². The predicted molar refractivity (Wildman–Crippen MR) is 64.7 cm³/mol. The largest absolute Gasteiger partial charge is 0.480 e. The highest BCUT2D eigenvalue weighted by atomic mass is 16.4. The molecule has 1 aliphatic heterocycles. The third-order valence-corrected chi connectivity index (χ3v) is 3.72. The molecule has 1 saturated heterocycles. The Balaban J connectivity index is 2.88. The number of likely N-dealkylation sites (N-methyl/N-ethyl adjacent to an activating group) is 1. The number of amides is 1. The first-order chi connectivity index (χ1) is 7.99. The van der Waals surface area contributed by atoms with E-state index in [0.717, 1.165) is 6.42 Å². The van der Waals surface area contributed by atoms with E-state index in [1.165, 1.54) is 0 Å². The average molecular weight is 242 g/mol. The lowest BCUT2D eigenvalue weighted by atomic mass is 9.92. The van der Waals surface area contributed by atoms with E-state index < -0.39 is 11.5 Å². The molecule has 0 aromatic carbocycles. The SMILES string of the molecule is CCNC(=O)C(C)N1CCCC1(CC)C(=O)O. The van der Waals surface area contributed by atoms with Crippen LogP contribution in [0.2, 0.25) is 0 Å². The maximum absolute atomic E-state index is 11.8. The van der Waals surface area contributed by atoms with E-state index in [4.69, 9.17) is 0 Å². The van der Waals surface area contributed by atoms with Crippen LogP contribution in [0.15, 0.2) is 0 Å². The summed E-state index contributed by atoms with van der Waals surface area (Å²) in [5.74, 6) is -0.901. The van der Waals surface area contributed by atoms with Gasteiger partial charge in [-0.05, 0) is 33.1 Å². The molecule has 5 nitrogen and oxygen atoms in total. The van der Waals surface area contributed by atoms with Crippen LogP contribution in [0.5, 0.6) is 0 Å². The number of carbonyl (C=O) groups excluding carboxylic acids is 1. The van der Waals surface area contributed by atoms with Gasteiger partial charge in [0.15, 0.2) is 0 Å². The molecule has 1 fully saturated rings. The summed E-state index contributed by atoms with van der Waals surface area (Å²) in [6, 6.07) is -0.381. The van der Waals surface area contributed by atoms with Gasteiger partial charge in [-0.2, -0.15) is 0 Å². The molecule has 0 spiro atoms. The van der Waals surface area contributed by atoms with Gasteiger partial charge in [0, 0.05) is 13.1 Å². The molecule has 2 N–H and O–H groups in total. The summed E-state index contributed by atoms with van der Waals surface area (Å²) in [5, 5.41) is 12.2. The third kappa shape index (κ3) is 2.44. The van der Waals surface area contributed by atoms with Crippen molar-refractivity contribution in [3.63, 3.8) is 0 Å². The molecule has 5 heteroatoms. The van der Waals surface area contributed by atoms with Gasteiger partial charge in [-0.3, -0.25) is 14.5 Å². The van der Waals surface area contributed by atoms with Gasteiger partial charge in [-0.1, -0.05) is 6.92 Å². The van der Waals surface area contributed by atoms with E-state index in [1.807, 2.05) is 18.7 Å². The fraction of sp³-hybridized carbons (Fsp3) is 0.833. The zero-order valence-electron chi connectivity index (χ0n) is 10.8. The molecular weight excluding hydrogens is 220 g/mol. The van der Waals surface area contributed by atoms with Gasteiger partial charge in [0.05, 0.1) is 6.04 Å². The van der Waals surface area contributed by atoms with Crippen molar-refractivity contribution in [3.8, 4) is 0 Å². The average Bonchev–Trinajstić information content (AvgIpc) is 2.73. The van der Waals surface area contributed by atoms with Crippen molar-refractivity contribution in [2.75, 3.05) is 13.1 Å². The summed E-state index contributed by atoms with van der Waals surface area (Å²) in [7, 11) is 0. The normalized spacial score (nSPS) is 26.8. The zero-order chi connectivity index (χ0) is 13.1. The standard InChI is InChI=1S/C12H22N2O3/c1-4-12(11(16)17)7-6-8-14(12)9(3)10(15)13-5-2/h9H,4-8H2,1-3H3,(H,13,15)(H,16,17). The first kappa shape index (κ1) is 14.0. The summed E-state index contributed by atoms with van der Waals surface area (Å²) < 4.78 is 0. The molecular formula is C12H22N2O3. The monoisotopic (exact) mass is 242 g/mol. The Hall–Kier alpha value is -1.10. The first-order valence-electron chi connectivity index (χ1n) is 6.27. The first-order valence-corrected chi connectivity index (χ1v) is 6.27. The number of carbonyl (C=O) groups is 2. The van der Waals surface area contributed by atoms with Crippen LogP contribution >= 0.6 is 0 Å². The second-order valence-corrected chi connectivity index (χ2v) is 4.56. The van der Waals surface area contributed by atoms with Crippen LogP contribution in [-0.2, 0) is 9.59 Å². The second-order valence-electron chi connectivity index (χ2n) is 4.56. The van der Waals surface area contributed by atoms with E-state index in [0.29, 0.717) is 25.9 Å². The summed E-state index contributed by atoms with van der Waals surface area (Å²) in [6.07, 6.45) is 2.00. The van der Waals surface area contributed by atoms with Crippen molar-refractivity contribution in [2.24, 2.45) is 0 Å². The van der Waals surface area contributed by atoms with Crippen molar-refractivity contribution in [1.82, 2.24) is 10.2 Å². The van der Waals surface area contributed by atoms with Crippen molar-refractivity contribution in [1.29, 1.82) is 0 Å². The van der Waals surface area contributed by atoms with Gasteiger partial charge in [-0.25, -0.2) is 0 Å². The molecule has 1 heterocycles. The Kier molecular flexibility index (Phi) is 4.51. The molecule has 1 rings (SSSR count). The van der Waals surface area contributed by atoms with E-state index in [-0.39, 0.29) is 11.9 Å². The Labute approximate surface area is 102 Å². The number of aliphatic carboxylic acids is 1. The molecule has 0 aromatic heterocycles. The Bertz CT molecular complexity index is 306. The third-order valence-electron chi connectivity index (χ3n) is 3.72. The van der Waals surface area contributed by atoms with Gasteiger partial charge in [0.1, 0.15) is 5.54 Å². The van der Waals surface area contributed by atoms with Gasteiger partial charge >= 0.3 is 5.97 Å². The molecule has 0 aromatic rings. The maximum atomic E-state index is 11.8. The number of nitrogens with one attached hydrogen (secondary N) is 1. The second kappa shape index (κ2) is 5.49. The lowest BCUT2D eigenvalue weighted by molar-refractivity contribution is -0.152. The maximum Gasteiger partial charge on any atom is 0.324 e. The fourth-order valence-electron chi connectivity index (χ4n) is 2.69. The molecule has 17 heavy (non-hydrogen) atoms. The molecule has 98 valence electrons. The van der Waals surface area contributed by atoms with Crippen molar-refractivity contribution in [2.45, 2.75) is 51.6 Å². The number of nitrogens with zero attached hydrogens (tertiary/aromatic N) is 1. The Morgan fingerprint density at radius 3 is 2.59 bits per heavy atom. The molecule has 1 aliphatic rings. The van der Waals surface area contributed by atoms with Crippen LogP contribution in [0.1, 0.15) is 40.0 Å². The summed E-state index contributed by atoms with van der Waals surface area (Å²) >= 11 is 0. The minimum absolute atomic E-state index is 0.0894. The van der Waals surface area contributed by atoms with Crippen molar-refractivity contribution >= 4 is 11.9 Å². The Morgan fingerprint density at radius 1 is 1.47 bits per heavy atom. The predicted octanol–water partition coefficient (Wildman–Crippen LogP) is 0.840. The Morgan fingerprint density at radius 2 is 2.12 bits per heavy atom. The molecule has 2 atom stereocenters. The molecule has 0 saturated carbocycles. The number of likely N-dealkylation sites (tertiary alicyclic amines) is 1. The number of hydrogen-bond acceptors (Lipinski definition) is 3. The van der Waals surface area contributed by atoms with Crippen LogP contribution in [0.25, 0.3) is 0 Å². The lowest BCUT2D eigenvalue weighted by Gasteiger charge is -2.37. The minimum Gasteiger partial charge on any atom is -0.480 e. The minimum atomic E-state index is -0.857. The van der Waals surface area contributed by atoms with E-state index in [2.05, 4.69) is 5.32 Å². The highest BCUT2D eigenvalue weighted by Crippen LogP contribution is 2.34. The van der Waals surface area contributed by atoms with E-state index in [1.54, 1.807) is 6.92 Å². The molecule has 1 amide bonds. The highest BCUT2D eigenvalue weighted by Gasteiger charge is 2.49. The number of carboxylic acids is 1. The lowest BCUT2D eigenvalue weighted by Crippen LogP contribution is -2.57. The van der Waals surface area contributed by atoms with Crippen molar-refractivity contribution in [3.05, 3.63) is 0 Å². The van der Waals surface area contributed by atoms with Gasteiger partial charge < -0.3 is 10.4 Å². The van der Waals surface area contributed by atoms with Crippen LogP contribution < -0.4 is 5.32 Å². The number of hydrogen-bond donors (Lipinski definition) is 2. The zero-order valence-corrected chi connectivity index (χ0v) is 10.8. The highest BCUT2D eigenvalue weighted by molar-refractivity contribution is 5.84. The smallest absolute Gasteiger partial charge is 0.324 e. The van der Waals surface area contributed by atoms with Crippen LogP contribution in [0.3, 0.4) is 0 Å². The summed E-state index contributed by atoms with van der Waals surface area (Å²) in [4.78, 5) is 25.1. The van der Waals surface area contributed by atoms with Crippen LogP contribution in [0.4, 0.5) is 0 Å². The van der Waals surface area contributed by atoms with Gasteiger partial charge in [-0.15, -0.1) is 0 Å². The summed E-state index contributed by atoms with van der Waals surface area (Å²) in [6.45, 7) is 6.76. The quantitative estimate of drug-likeness (QED) is 0.749. The summed E-state index contributed by atoms with van der Waals surface area (Å²) in [5.41, 5.74) is -0.857. The molecule has 2 unspecified atom stereocenters. The molecule has 0 radical (unpaired) electrons. The van der Waals surface area contributed by atoms with E-state index in [9.17, 15) is 14.7 Å². The van der Waals surface area contributed by atoms with Crippen molar-refractivity contribution < 1.29 is 14.7 Å². The topological polar surface area (TPSA) is 69.6 Å². The fourth-order valence-corrected chi connectivity index (χ4v) is 2.69. The molecule has 0 aliphatic carbocycles. The van der Waals surface area contributed by atoms with Crippen LogP contribution in [-0.4, -0.2) is 46.6 Å². The molecule has 0 bridgehead atoms. The van der Waals surface area contributed by atoms with E-state index >= 15 is 0 Å².